The van der Waals surface area contributed by atoms with Gasteiger partial charge in [0.15, 0.2) is 0 Å². The maximum Gasteiger partial charge on any atom is 0.244 e. The molecular formula is C14H22Cl2N4O. The van der Waals surface area contributed by atoms with Gasteiger partial charge in [0.2, 0.25) is 5.91 Å². The molecule has 0 aliphatic rings. The van der Waals surface area contributed by atoms with Crippen molar-refractivity contribution in [1.29, 1.82) is 0 Å². The summed E-state index contributed by atoms with van der Waals surface area (Å²) in [6.07, 6.45) is 0. The van der Waals surface area contributed by atoms with E-state index in [1.54, 1.807) is 17.9 Å². The normalized spacial score (nSPS) is 11.9. The molecule has 0 aliphatic heterocycles. The monoisotopic (exact) mass is 332 g/mol. The lowest BCUT2D eigenvalue weighted by atomic mass is 10.2. The van der Waals surface area contributed by atoms with Crippen LogP contribution in [0.3, 0.4) is 0 Å². The SMILES string of the molecule is CCNc1nc(NC(C)C(=O)N(CC)CC)c(Cl)cc1Cl. The largest absolute Gasteiger partial charge is 0.369 e. The maximum atomic E-state index is 12.2. The fourth-order valence-corrected chi connectivity index (χ4v) is 2.42. The zero-order valence-electron chi connectivity index (χ0n) is 12.8. The predicted octanol–water partition coefficient (Wildman–Crippen LogP) is 3.49. The second-order valence-electron chi connectivity index (χ2n) is 4.56. The number of carbonyl (C=O) groups excluding carboxylic acids is 1. The molecule has 1 atom stereocenters. The lowest BCUT2D eigenvalue weighted by Gasteiger charge is -2.24. The van der Waals surface area contributed by atoms with Crippen molar-refractivity contribution in [2.24, 2.45) is 0 Å². The number of halogens is 2. The van der Waals surface area contributed by atoms with E-state index < -0.39 is 6.04 Å². The summed E-state index contributed by atoms with van der Waals surface area (Å²) in [4.78, 5) is 18.3. The van der Waals surface area contributed by atoms with Gasteiger partial charge in [-0.1, -0.05) is 23.2 Å². The van der Waals surface area contributed by atoms with Gasteiger partial charge in [-0.05, 0) is 33.8 Å². The number of hydrogen-bond acceptors (Lipinski definition) is 4. The van der Waals surface area contributed by atoms with Crippen molar-refractivity contribution >= 4 is 40.7 Å². The van der Waals surface area contributed by atoms with Crippen molar-refractivity contribution in [1.82, 2.24) is 9.88 Å². The zero-order valence-corrected chi connectivity index (χ0v) is 14.3. The van der Waals surface area contributed by atoms with Crippen molar-refractivity contribution in [3.63, 3.8) is 0 Å². The first-order chi connectivity index (χ1) is 9.94. The van der Waals surface area contributed by atoms with Crippen LogP contribution < -0.4 is 10.6 Å². The average molecular weight is 333 g/mol. The van der Waals surface area contributed by atoms with E-state index >= 15 is 0 Å². The fourth-order valence-electron chi connectivity index (χ4n) is 1.94. The summed E-state index contributed by atoms with van der Waals surface area (Å²) in [5.41, 5.74) is 0. The van der Waals surface area contributed by atoms with Gasteiger partial charge >= 0.3 is 0 Å². The number of carbonyl (C=O) groups is 1. The number of rotatable bonds is 7. The minimum Gasteiger partial charge on any atom is -0.369 e. The van der Waals surface area contributed by atoms with E-state index in [1.807, 2.05) is 20.8 Å². The summed E-state index contributed by atoms with van der Waals surface area (Å²) < 4.78 is 0. The quantitative estimate of drug-likeness (QED) is 0.802. The molecule has 1 aromatic rings. The van der Waals surface area contributed by atoms with Crippen LogP contribution in [0.25, 0.3) is 0 Å². The van der Waals surface area contributed by atoms with Gasteiger partial charge in [0, 0.05) is 19.6 Å². The molecule has 5 nitrogen and oxygen atoms in total. The first-order valence-corrected chi connectivity index (χ1v) is 7.85. The van der Waals surface area contributed by atoms with Crippen LogP contribution in [-0.4, -0.2) is 41.5 Å². The molecule has 1 amide bonds. The van der Waals surface area contributed by atoms with E-state index in [4.69, 9.17) is 23.2 Å². The second kappa shape index (κ2) is 8.29. The number of hydrogen-bond donors (Lipinski definition) is 2. The zero-order chi connectivity index (χ0) is 16.0. The molecular weight excluding hydrogens is 311 g/mol. The number of amides is 1. The number of anilines is 2. The summed E-state index contributed by atoms with van der Waals surface area (Å²) in [6, 6.07) is 1.20. The molecule has 1 aromatic heterocycles. The fraction of sp³-hybridized carbons (Fsp3) is 0.571. The molecule has 0 radical (unpaired) electrons. The van der Waals surface area contributed by atoms with Crippen molar-refractivity contribution in [2.75, 3.05) is 30.3 Å². The molecule has 1 unspecified atom stereocenters. The number of nitrogens with one attached hydrogen (secondary N) is 2. The second-order valence-corrected chi connectivity index (χ2v) is 5.37. The lowest BCUT2D eigenvalue weighted by molar-refractivity contribution is -0.131. The Bertz CT molecular complexity index is 492. The Kier molecular flexibility index (Phi) is 7.05. The summed E-state index contributed by atoms with van der Waals surface area (Å²) in [7, 11) is 0. The van der Waals surface area contributed by atoms with E-state index in [1.165, 1.54) is 0 Å². The molecule has 0 aliphatic carbocycles. The van der Waals surface area contributed by atoms with Gasteiger partial charge in [0.25, 0.3) is 0 Å². The Morgan fingerprint density at radius 3 is 2.33 bits per heavy atom. The highest BCUT2D eigenvalue weighted by molar-refractivity contribution is 6.37. The van der Waals surface area contributed by atoms with Gasteiger partial charge in [0.1, 0.15) is 17.7 Å². The molecule has 2 N–H and O–H groups in total. The molecule has 1 rings (SSSR count). The van der Waals surface area contributed by atoms with Crippen LogP contribution in [0.5, 0.6) is 0 Å². The Balaban J connectivity index is 2.91. The topological polar surface area (TPSA) is 57.3 Å². The van der Waals surface area contributed by atoms with Gasteiger partial charge in [-0.2, -0.15) is 0 Å². The minimum atomic E-state index is -0.412. The number of pyridine rings is 1. The molecule has 21 heavy (non-hydrogen) atoms. The molecule has 1 heterocycles. The van der Waals surface area contributed by atoms with Crippen LogP contribution in [0.15, 0.2) is 6.07 Å². The summed E-state index contributed by atoms with van der Waals surface area (Å²) in [6.45, 7) is 9.68. The van der Waals surface area contributed by atoms with Crippen LogP contribution in [0.1, 0.15) is 27.7 Å². The highest BCUT2D eigenvalue weighted by atomic mass is 35.5. The standard InChI is InChI=1S/C14H22Cl2N4O/c1-5-17-12-10(15)8-11(16)13(19-12)18-9(4)14(21)20(6-2)7-3/h8-9H,5-7H2,1-4H3,(H2,17,18,19). The highest BCUT2D eigenvalue weighted by Gasteiger charge is 2.20. The van der Waals surface area contributed by atoms with Gasteiger partial charge in [0.05, 0.1) is 10.0 Å². The molecule has 0 spiro atoms. The Hall–Kier alpha value is -1.20. The van der Waals surface area contributed by atoms with Crippen LogP contribution >= 0.6 is 23.2 Å². The molecule has 7 heteroatoms. The third-order valence-electron chi connectivity index (χ3n) is 3.07. The Morgan fingerprint density at radius 1 is 1.24 bits per heavy atom. The molecule has 0 saturated carbocycles. The first-order valence-electron chi connectivity index (χ1n) is 7.09. The van der Waals surface area contributed by atoms with E-state index in [9.17, 15) is 4.79 Å². The van der Waals surface area contributed by atoms with Crippen molar-refractivity contribution in [3.05, 3.63) is 16.1 Å². The Morgan fingerprint density at radius 2 is 1.81 bits per heavy atom. The number of aromatic nitrogens is 1. The van der Waals surface area contributed by atoms with E-state index in [0.717, 1.165) is 0 Å². The van der Waals surface area contributed by atoms with Crippen LogP contribution in [0.4, 0.5) is 11.6 Å². The molecule has 0 saturated heterocycles. The summed E-state index contributed by atoms with van der Waals surface area (Å²) in [5, 5.41) is 6.95. The van der Waals surface area contributed by atoms with Crippen LogP contribution in [0, 0.1) is 0 Å². The smallest absolute Gasteiger partial charge is 0.244 e. The number of likely N-dealkylation sites (N-methyl/N-ethyl adjacent to an activating group) is 1. The lowest BCUT2D eigenvalue weighted by Crippen LogP contribution is -2.41. The van der Waals surface area contributed by atoms with E-state index in [0.29, 0.717) is 41.3 Å². The Labute approximate surface area is 136 Å². The average Bonchev–Trinajstić information content (AvgIpc) is 2.45. The molecule has 0 aromatic carbocycles. The van der Waals surface area contributed by atoms with Gasteiger partial charge in [-0.15, -0.1) is 0 Å². The third kappa shape index (κ3) is 4.64. The summed E-state index contributed by atoms with van der Waals surface area (Å²) in [5.74, 6) is 1.01. The van der Waals surface area contributed by atoms with Crippen molar-refractivity contribution in [2.45, 2.75) is 33.7 Å². The highest BCUT2D eigenvalue weighted by Crippen LogP contribution is 2.29. The van der Waals surface area contributed by atoms with Crippen LogP contribution in [-0.2, 0) is 4.79 Å². The molecule has 0 bridgehead atoms. The minimum absolute atomic E-state index is 0.0119. The van der Waals surface area contributed by atoms with E-state index in [2.05, 4.69) is 15.6 Å². The maximum absolute atomic E-state index is 12.2. The van der Waals surface area contributed by atoms with Crippen molar-refractivity contribution in [3.8, 4) is 0 Å². The molecule has 118 valence electrons. The van der Waals surface area contributed by atoms with Crippen molar-refractivity contribution < 1.29 is 4.79 Å². The third-order valence-corrected chi connectivity index (χ3v) is 3.65. The molecule has 0 fully saturated rings. The van der Waals surface area contributed by atoms with Gasteiger partial charge in [-0.3, -0.25) is 4.79 Å². The first kappa shape index (κ1) is 17.9. The number of nitrogens with zero attached hydrogens (tertiary/aromatic N) is 2. The summed E-state index contributed by atoms with van der Waals surface area (Å²) >= 11 is 12.2. The van der Waals surface area contributed by atoms with Gasteiger partial charge in [-0.25, -0.2) is 4.98 Å². The predicted molar refractivity (Wildman–Crippen MR) is 89.4 cm³/mol. The van der Waals surface area contributed by atoms with E-state index in [-0.39, 0.29) is 5.91 Å². The van der Waals surface area contributed by atoms with Gasteiger partial charge < -0.3 is 15.5 Å². The van der Waals surface area contributed by atoms with Crippen LogP contribution in [0.2, 0.25) is 10.0 Å².